The number of ether oxygens (including phenoxy) is 1. The number of hydrazine groups is 1. The van der Waals surface area contributed by atoms with Crippen LogP contribution in [0.15, 0.2) is 0 Å². The monoisotopic (exact) mass is 238 g/mol. The van der Waals surface area contributed by atoms with Crippen LogP contribution in [-0.2, 0) is 4.74 Å². The second kappa shape index (κ2) is 7.98. The summed E-state index contributed by atoms with van der Waals surface area (Å²) < 4.78 is 5.11. The second-order valence-electron chi connectivity index (χ2n) is 2.87. The minimum Gasteiger partial charge on any atom is -0.384 e. The lowest BCUT2D eigenvalue weighted by molar-refractivity contribution is 0.127. The van der Waals surface area contributed by atoms with Crippen LogP contribution in [0.1, 0.15) is 19.8 Å². The van der Waals surface area contributed by atoms with Crippen molar-refractivity contribution in [3.63, 3.8) is 0 Å². The van der Waals surface area contributed by atoms with E-state index < -0.39 is 0 Å². The first-order valence-corrected chi connectivity index (χ1v) is 5.43. The molecule has 0 heterocycles. The molecule has 0 amide bonds. The van der Waals surface area contributed by atoms with E-state index in [0.717, 1.165) is 24.8 Å². The Morgan fingerprint density at radius 1 is 1.58 bits per heavy atom. The molecule has 0 saturated carbocycles. The lowest BCUT2D eigenvalue weighted by Gasteiger charge is -2.24. The van der Waals surface area contributed by atoms with Gasteiger partial charge in [0.2, 0.25) is 0 Å². The van der Waals surface area contributed by atoms with Crippen LogP contribution in [0.5, 0.6) is 0 Å². The Morgan fingerprint density at radius 2 is 2.25 bits per heavy atom. The van der Waals surface area contributed by atoms with Gasteiger partial charge in [-0.15, -0.1) is 0 Å². The molecule has 2 unspecified atom stereocenters. The van der Waals surface area contributed by atoms with Crippen LogP contribution >= 0.6 is 15.9 Å². The fraction of sp³-hybridized carbons (Fsp3) is 1.00. The molecule has 0 spiro atoms. The minimum absolute atomic E-state index is 0.356. The van der Waals surface area contributed by atoms with Crippen LogP contribution in [0.3, 0.4) is 0 Å². The lowest BCUT2D eigenvalue weighted by atomic mass is 9.96. The smallest absolute Gasteiger partial charge is 0.0505 e. The SMILES string of the molecule is CCC(COC)C(CCBr)NN. The highest BCUT2D eigenvalue weighted by molar-refractivity contribution is 9.09. The summed E-state index contributed by atoms with van der Waals surface area (Å²) in [4.78, 5) is 0. The molecular formula is C8H19BrN2O. The molecule has 0 saturated heterocycles. The number of nitrogens with two attached hydrogens (primary N) is 1. The third-order valence-electron chi connectivity index (χ3n) is 2.11. The minimum atomic E-state index is 0.356. The molecule has 3 N–H and O–H groups in total. The summed E-state index contributed by atoms with van der Waals surface area (Å²) in [5.74, 6) is 5.95. The summed E-state index contributed by atoms with van der Waals surface area (Å²) in [6, 6.07) is 0.356. The van der Waals surface area contributed by atoms with Crippen LogP contribution in [0, 0.1) is 5.92 Å². The second-order valence-corrected chi connectivity index (χ2v) is 3.67. The van der Waals surface area contributed by atoms with Gasteiger partial charge in [0.05, 0.1) is 6.61 Å². The Kier molecular flexibility index (Phi) is 8.22. The summed E-state index contributed by atoms with van der Waals surface area (Å²) in [5, 5.41) is 0.974. The Labute approximate surface area is 83.1 Å². The van der Waals surface area contributed by atoms with E-state index in [4.69, 9.17) is 10.6 Å². The third-order valence-corrected chi connectivity index (χ3v) is 2.57. The fourth-order valence-corrected chi connectivity index (χ4v) is 1.80. The highest BCUT2D eigenvalue weighted by atomic mass is 79.9. The first-order chi connectivity index (χ1) is 5.79. The predicted molar refractivity (Wildman–Crippen MR) is 55.2 cm³/mol. The van der Waals surface area contributed by atoms with E-state index in [0.29, 0.717) is 12.0 Å². The number of hydrogen-bond donors (Lipinski definition) is 2. The molecule has 0 radical (unpaired) electrons. The molecule has 3 nitrogen and oxygen atoms in total. The van der Waals surface area contributed by atoms with E-state index in [1.54, 1.807) is 7.11 Å². The maximum atomic E-state index is 5.44. The molecule has 0 aliphatic rings. The summed E-state index contributed by atoms with van der Waals surface area (Å²) in [6.45, 7) is 2.93. The summed E-state index contributed by atoms with van der Waals surface area (Å²) in [6.07, 6.45) is 2.13. The van der Waals surface area contributed by atoms with Crippen molar-refractivity contribution < 1.29 is 4.74 Å². The quantitative estimate of drug-likeness (QED) is 0.399. The van der Waals surface area contributed by atoms with Gasteiger partial charge >= 0.3 is 0 Å². The number of nitrogens with one attached hydrogen (secondary N) is 1. The Morgan fingerprint density at radius 3 is 2.58 bits per heavy atom. The van der Waals surface area contributed by atoms with Gasteiger partial charge in [-0.3, -0.25) is 11.3 Å². The molecule has 12 heavy (non-hydrogen) atoms. The van der Waals surface area contributed by atoms with Crippen molar-refractivity contribution in [2.45, 2.75) is 25.8 Å². The van der Waals surface area contributed by atoms with Crippen LogP contribution in [0.2, 0.25) is 0 Å². The van der Waals surface area contributed by atoms with Gasteiger partial charge in [0.1, 0.15) is 0 Å². The average molecular weight is 239 g/mol. The number of methoxy groups -OCH3 is 1. The largest absolute Gasteiger partial charge is 0.384 e. The first kappa shape index (κ1) is 12.4. The number of halogens is 1. The normalized spacial score (nSPS) is 16.0. The van der Waals surface area contributed by atoms with Gasteiger partial charge in [0, 0.05) is 18.5 Å². The van der Waals surface area contributed by atoms with Gasteiger partial charge in [-0.2, -0.15) is 0 Å². The van der Waals surface area contributed by atoms with Crippen LogP contribution in [-0.4, -0.2) is 25.1 Å². The fourth-order valence-electron chi connectivity index (χ4n) is 1.31. The summed E-state index contributed by atoms with van der Waals surface area (Å²) in [7, 11) is 1.73. The van der Waals surface area contributed by atoms with Crippen molar-refractivity contribution in [2.75, 3.05) is 19.0 Å². The van der Waals surface area contributed by atoms with Gasteiger partial charge in [-0.05, 0) is 18.8 Å². The van der Waals surface area contributed by atoms with Crippen LogP contribution < -0.4 is 11.3 Å². The number of alkyl halides is 1. The van der Waals surface area contributed by atoms with Gasteiger partial charge in [0.25, 0.3) is 0 Å². The van der Waals surface area contributed by atoms with E-state index in [9.17, 15) is 0 Å². The van der Waals surface area contributed by atoms with Crippen molar-refractivity contribution >= 4 is 15.9 Å². The van der Waals surface area contributed by atoms with Gasteiger partial charge in [-0.25, -0.2) is 0 Å². The van der Waals surface area contributed by atoms with Crippen molar-refractivity contribution in [3.8, 4) is 0 Å². The number of hydrogen-bond acceptors (Lipinski definition) is 3. The van der Waals surface area contributed by atoms with Crippen molar-refractivity contribution in [3.05, 3.63) is 0 Å². The number of rotatable bonds is 7. The molecule has 0 fully saturated rings. The van der Waals surface area contributed by atoms with E-state index in [-0.39, 0.29) is 0 Å². The molecule has 0 rings (SSSR count). The lowest BCUT2D eigenvalue weighted by Crippen LogP contribution is -2.42. The summed E-state index contributed by atoms with van der Waals surface area (Å²) in [5.41, 5.74) is 2.83. The van der Waals surface area contributed by atoms with Gasteiger partial charge in [-0.1, -0.05) is 22.9 Å². The standard InChI is InChI=1S/C8H19BrN2O/c1-3-7(6-12-2)8(11-10)4-5-9/h7-8,11H,3-6,10H2,1-2H3. The van der Waals surface area contributed by atoms with Crippen molar-refractivity contribution in [1.82, 2.24) is 5.43 Å². The van der Waals surface area contributed by atoms with E-state index in [1.807, 2.05) is 0 Å². The van der Waals surface area contributed by atoms with Crippen LogP contribution in [0.4, 0.5) is 0 Å². The maximum Gasteiger partial charge on any atom is 0.0505 e. The molecule has 0 bridgehead atoms. The van der Waals surface area contributed by atoms with E-state index in [1.165, 1.54) is 0 Å². The van der Waals surface area contributed by atoms with Crippen molar-refractivity contribution in [1.29, 1.82) is 0 Å². The predicted octanol–water partition coefficient (Wildman–Crippen LogP) is 1.28. The first-order valence-electron chi connectivity index (χ1n) is 4.31. The zero-order chi connectivity index (χ0) is 9.40. The molecule has 4 heteroatoms. The molecule has 74 valence electrons. The van der Waals surface area contributed by atoms with Crippen molar-refractivity contribution in [2.24, 2.45) is 11.8 Å². The highest BCUT2D eigenvalue weighted by Gasteiger charge is 2.17. The molecule has 2 atom stereocenters. The van der Waals surface area contributed by atoms with E-state index >= 15 is 0 Å². The molecule has 0 aromatic carbocycles. The molecule has 0 aliphatic heterocycles. The maximum absolute atomic E-state index is 5.44. The molecule has 0 aromatic rings. The average Bonchev–Trinajstić information content (AvgIpc) is 2.11. The zero-order valence-corrected chi connectivity index (χ0v) is 9.43. The third kappa shape index (κ3) is 4.40. The Bertz CT molecular complexity index is 91.1. The highest BCUT2D eigenvalue weighted by Crippen LogP contribution is 2.12. The van der Waals surface area contributed by atoms with Crippen LogP contribution in [0.25, 0.3) is 0 Å². The molecular weight excluding hydrogens is 220 g/mol. The Hall–Kier alpha value is 0.360. The van der Waals surface area contributed by atoms with Gasteiger partial charge < -0.3 is 4.74 Å². The van der Waals surface area contributed by atoms with Gasteiger partial charge in [0.15, 0.2) is 0 Å². The Balaban J connectivity index is 3.84. The molecule has 0 aliphatic carbocycles. The topological polar surface area (TPSA) is 47.3 Å². The summed E-state index contributed by atoms with van der Waals surface area (Å²) >= 11 is 3.40. The zero-order valence-electron chi connectivity index (χ0n) is 7.85. The molecule has 0 aromatic heterocycles. The van der Waals surface area contributed by atoms with E-state index in [2.05, 4.69) is 28.3 Å².